The van der Waals surface area contributed by atoms with Gasteiger partial charge in [-0.15, -0.1) is 0 Å². The van der Waals surface area contributed by atoms with Crippen molar-refractivity contribution in [2.24, 2.45) is 0 Å². The number of benzene rings is 1. The Hall–Kier alpha value is -2.08. The van der Waals surface area contributed by atoms with Crippen LogP contribution in [0.3, 0.4) is 0 Å². The lowest BCUT2D eigenvalue weighted by Crippen LogP contribution is -2.57. The second-order valence-electron chi connectivity index (χ2n) is 5.97. The van der Waals surface area contributed by atoms with Gasteiger partial charge in [0.25, 0.3) is 0 Å². The summed E-state index contributed by atoms with van der Waals surface area (Å²) in [7, 11) is 0. The maximum Gasteiger partial charge on any atom is 0.320 e. The average molecular weight is 304 g/mol. The zero-order valence-corrected chi connectivity index (χ0v) is 13.2. The summed E-state index contributed by atoms with van der Waals surface area (Å²) in [6.45, 7) is 6.57. The first-order valence-electron chi connectivity index (χ1n) is 7.63. The molecule has 120 valence electrons. The van der Waals surface area contributed by atoms with Crippen molar-refractivity contribution in [3.8, 4) is 0 Å². The molecule has 6 nitrogen and oxygen atoms in total. The topological polar surface area (TPSA) is 73.5 Å². The predicted octanol–water partition coefficient (Wildman–Crippen LogP) is 1.41. The maximum atomic E-state index is 12.6. The summed E-state index contributed by atoms with van der Waals surface area (Å²) in [6, 6.07) is 8.79. The standard InChI is InChI=1S/C16H24N4O2/c1-16(2,14(21)20-11-6-9-17-10-12-20)19-15(22)18-13-7-4-3-5-8-13/h3-5,7-8,17H,6,9-12H2,1-2H3,(H2,18,19,22). The molecule has 1 aliphatic heterocycles. The molecule has 1 aliphatic rings. The van der Waals surface area contributed by atoms with Gasteiger partial charge in [-0.05, 0) is 38.9 Å². The van der Waals surface area contributed by atoms with Crippen LogP contribution in [0.2, 0.25) is 0 Å². The maximum absolute atomic E-state index is 12.6. The Balaban J connectivity index is 1.94. The molecule has 3 N–H and O–H groups in total. The van der Waals surface area contributed by atoms with E-state index >= 15 is 0 Å². The van der Waals surface area contributed by atoms with Crippen LogP contribution in [0.25, 0.3) is 0 Å². The number of hydrogen-bond acceptors (Lipinski definition) is 3. The Morgan fingerprint density at radius 2 is 1.86 bits per heavy atom. The summed E-state index contributed by atoms with van der Waals surface area (Å²) in [5.74, 6) is -0.0561. The van der Waals surface area contributed by atoms with Crippen LogP contribution in [0, 0.1) is 0 Å². The fourth-order valence-electron chi connectivity index (χ4n) is 2.47. The Bertz CT molecular complexity index is 508. The number of nitrogens with one attached hydrogen (secondary N) is 3. The van der Waals surface area contributed by atoms with Gasteiger partial charge in [0.05, 0.1) is 0 Å². The minimum absolute atomic E-state index is 0.0561. The summed E-state index contributed by atoms with van der Waals surface area (Å²) in [6.07, 6.45) is 0.929. The van der Waals surface area contributed by atoms with Gasteiger partial charge >= 0.3 is 6.03 Å². The van der Waals surface area contributed by atoms with E-state index < -0.39 is 5.54 Å². The van der Waals surface area contributed by atoms with Gasteiger partial charge in [-0.1, -0.05) is 18.2 Å². The lowest BCUT2D eigenvalue weighted by molar-refractivity contribution is -0.136. The molecular weight excluding hydrogens is 280 g/mol. The third-order valence-electron chi connectivity index (χ3n) is 3.62. The molecule has 1 aromatic rings. The van der Waals surface area contributed by atoms with E-state index in [1.165, 1.54) is 0 Å². The van der Waals surface area contributed by atoms with Crippen LogP contribution in [0.5, 0.6) is 0 Å². The summed E-state index contributed by atoms with van der Waals surface area (Å²) >= 11 is 0. The second-order valence-corrected chi connectivity index (χ2v) is 5.97. The van der Waals surface area contributed by atoms with Crippen LogP contribution in [0.1, 0.15) is 20.3 Å². The van der Waals surface area contributed by atoms with Crippen molar-refractivity contribution in [2.45, 2.75) is 25.8 Å². The summed E-state index contributed by atoms with van der Waals surface area (Å²) in [5.41, 5.74) is -0.245. The Kier molecular flexibility index (Phi) is 5.38. The number of amides is 3. The fraction of sp³-hybridized carbons (Fsp3) is 0.500. The number of carbonyl (C=O) groups is 2. The molecule has 6 heteroatoms. The van der Waals surface area contributed by atoms with E-state index in [0.717, 1.165) is 26.1 Å². The van der Waals surface area contributed by atoms with E-state index in [1.807, 2.05) is 23.1 Å². The quantitative estimate of drug-likeness (QED) is 0.790. The minimum atomic E-state index is -0.941. The molecule has 1 fully saturated rings. The summed E-state index contributed by atoms with van der Waals surface area (Å²) < 4.78 is 0. The first-order valence-corrected chi connectivity index (χ1v) is 7.63. The molecule has 1 heterocycles. The Labute approximate surface area is 131 Å². The number of anilines is 1. The molecule has 2 rings (SSSR count). The SMILES string of the molecule is CC(C)(NC(=O)Nc1ccccc1)C(=O)N1CCCNCC1. The smallest absolute Gasteiger partial charge is 0.320 e. The van der Waals surface area contributed by atoms with Crippen LogP contribution >= 0.6 is 0 Å². The monoisotopic (exact) mass is 304 g/mol. The third-order valence-corrected chi connectivity index (χ3v) is 3.62. The Morgan fingerprint density at radius 1 is 1.14 bits per heavy atom. The molecule has 0 aromatic heterocycles. The Morgan fingerprint density at radius 3 is 2.59 bits per heavy atom. The van der Waals surface area contributed by atoms with E-state index in [1.54, 1.807) is 26.0 Å². The van der Waals surface area contributed by atoms with Gasteiger partial charge in [0, 0.05) is 25.3 Å². The molecule has 0 spiro atoms. The van der Waals surface area contributed by atoms with Crippen molar-refractivity contribution in [1.29, 1.82) is 0 Å². The van der Waals surface area contributed by atoms with Crippen molar-refractivity contribution >= 4 is 17.6 Å². The normalized spacial score (nSPS) is 15.8. The number of rotatable bonds is 3. The van der Waals surface area contributed by atoms with Crippen LogP contribution < -0.4 is 16.0 Å². The number of hydrogen-bond donors (Lipinski definition) is 3. The molecular formula is C16H24N4O2. The van der Waals surface area contributed by atoms with Crippen LogP contribution in [-0.4, -0.2) is 48.6 Å². The zero-order valence-electron chi connectivity index (χ0n) is 13.2. The molecule has 0 saturated carbocycles. The van der Waals surface area contributed by atoms with Gasteiger partial charge in [-0.3, -0.25) is 4.79 Å². The number of para-hydroxylation sites is 1. The molecule has 1 aromatic carbocycles. The highest BCUT2D eigenvalue weighted by molar-refractivity contribution is 5.95. The van der Waals surface area contributed by atoms with Gasteiger partial charge in [0.2, 0.25) is 5.91 Å². The second kappa shape index (κ2) is 7.26. The highest BCUT2D eigenvalue weighted by Gasteiger charge is 2.33. The van der Waals surface area contributed by atoms with Crippen LogP contribution in [0.4, 0.5) is 10.5 Å². The van der Waals surface area contributed by atoms with Crippen LogP contribution in [-0.2, 0) is 4.79 Å². The molecule has 0 atom stereocenters. The fourth-order valence-corrected chi connectivity index (χ4v) is 2.47. The molecule has 0 radical (unpaired) electrons. The van der Waals surface area contributed by atoms with Gasteiger partial charge in [0.15, 0.2) is 0 Å². The van der Waals surface area contributed by atoms with E-state index in [2.05, 4.69) is 16.0 Å². The molecule has 0 bridgehead atoms. The van der Waals surface area contributed by atoms with E-state index in [-0.39, 0.29) is 11.9 Å². The van der Waals surface area contributed by atoms with Crippen molar-refractivity contribution in [3.63, 3.8) is 0 Å². The predicted molar refractivity (Wildman–Crippen MR) is 86.7 cm³/mol. The average Bonchev–Trinajstić information content (AvgIpc) is 2.75. The molecule has 3 amide bonds. The zero-order chi connectivity index (χ0) is 16.0. The van der Waals surface area contributed by atoms with E-state index in [4.69, 9.17) is 0 Å². The summed E-state index contributed by atoms with van der Waals surface area (Å²) in [5, 5.41) is 8.76. The van der Waals surface area contributed by atoms with Crippen molar-refractivity contribution < 1.29 is 9.59 Å². The van der Waals surface area contributed by atoms with Gasteiger partial charge in [-0.25, -0.2) is 4.79 Å². The number of urea groups is 1. The van der Waals surface area contributed by atoms with Gasteiger partial charge in [0.1, 0.15) is 5.54 Å². The highest BCUT2D eigenvalue weighted by Crippen LogP contribution is 2.11. The molecule has 22 heavy (non-hydrogen) atoms. The molecule has 1 saturated heterocycles. The van der Waals surface area contributed by atoms with Crippen molar-refractivity contribution in [1.82, 2.24) is 15.5 Å². The van der Waals surface area contributed by atoms with E-state index in [0.29, 0.717) is 12.2 Å². The molecule has 0 aliphatic carbocycles. The number of nitrogens with zero attached hydrogens (tertiary/aromatic N) is 1. The van der Waals surface area contributed by atoms with Crippen molar-refractivity contribution in [2.75, 3.05) is 31.5 Å². The van der Waals surface area contributed by atoms with Crippen LogP contribution in [0.15, 0.2) is 30.3 Å². The van der Waals surface area contributed by atoms with Gasteiger partial charge in [-0.2, -0.15) is 0 Å². The number of carbonyl (C=O) groups excluding carboxylic acids is 2. The first-order chi connectivity index (χ1) is 10.5. The highest BCUT2D eigenvalue weighted by atomic mass is 16.2. The van der Waals surface area contributed by atoms with Gasteiger partial charge < -0.3 is 20.9 Å². The lowest BCUT2D eigenvalue weighted by Gasteiger charge is -2.31. The van der Waals surface area contributed by atoms with Crippen molar-refractivity contribution in [3.05, 3.63) is 30.3 Å². The van der Waals surface area contributed by atoms with E-state index in [9.17, 15) is 9.59 Å². The summed E-state index contributed by atoms with van der Waals surface area (Å²) in [4.78, 5) is 26.5. The minimum Gasteiger partial charge on any atom is -0.339 e. The third kappa shape index (κ3) is 4.46. The largest absolute Gasteiger partial charge is 0.339 e. The molecule has 0 unspecified atom stereocenters. The lowest BCUT2D eigenvalue weighted by atomic mass is 10.0. The first kappa shape index (κ1) is 16.3.